The smallest absolute Gasteiger partial charge is 0.332 e. The van der Waals surface area contributed by atoms with E-state index >= 15 is 0 Å². The lowest BCUT2D eigenvalue weighted by Gasteiger charge is -2.18. The summed E-state index contributed by atoms with van der Waals surface area (Å²) in [6.07, 6.45) is 1.29. The lowest BCUT2D eigenvalue weighted by molar-refractivity contribution is -0.118. The van der Waals surface area contributed by atoms with Crippen molar-refractivity contribution in [2.75, 3.05) is 17.2 Å². The summed E-state index contributed by atoms with van der Waals surface area (Å²) < 4.78 is 7.47. The van der Waals surface area contributed by atoms with Gasteiger partial charge in [-0.2, -0.15) is 0 Å². The maximum atomic E-state index is 12.6. The molecule has 142 valence electrons. The van der Waals surface area contributed by atoms with Gasteiger partial charge in [0.25, 0.3) is 17.4 Å². The van der Waals surface area contributed by atoms with E-state index in [9.17, 15) is 19.2 Å². The molecule has 3 aromatic rings. The number of hydrogen-bond donors (Lipinski definition) is 2. The summed E-state index contributed by atoms with van der Waals surface area (Å²) in [4.78, 5) is 52.4. The number of rotatable bonds is 2. The SMILES string of the molecule is Cn1c(=O)c2cc(C(=O)Nc3ccc4c(c3)NC(=O)CO4)cnc2n(C)c1=O. The van der Waals surface area contributed by atoms with Crippen molar-refractivity contribution in [2.24, 2.45) is 14.1 Å². The van der Waals surface area contributed by atoms with Gasteiger partial charge in [-0.3, -0.25) is 23.5 Å². The molecule has 0 unspecified atom stereocenters. The van der Waals surface area contributed by atoms with E-state index in [2.05, 4.69) is 15.6 Å². The summed E-state index contributed by atoms with van der Waals surface area (Å²) >= 11 is 0. The molecule has 10 heteroatoms. The van der Waals surface area contributed by atoms with Crippen LogP contribution in [0.5, 0.6) is 5.75 Å². The molecule has 0 spiro atoms. The highest BCUT2D eigenvalue weighted by Gasteiger charge is 2.18. The first-order valence-corrected chi connectivity index (χ1v) is 8.29. The maximum Gasteiger partial charge on any atom is 0.332 e. The van der Waals surface area contributed by atoms with Crippen LogP contribution in [0, 0.1) is 0 Å². The van der Waals surface area contributed by atoms with Crippen molar-refractivity contribution in [3.8, 4) is 5.75 Å². The number of aryl methyl sites for hydroxylation is 1. The van der Waals surface area contributed by atoms with Gasteiger partial charge >= 0.3 is 5.69 Å². The van der Waals surface area contributed by atoms with Gasteiger partial charge in [0.2, 0.25) is 0 Å². The van der Waals surface area contributed by atoms with E-state index in [4.69, 9.17) is 4.74 Å². The van der Waals surface area contributed by atoms with Gasteiger partial charge in [-0.05, 0) is 24.3 Å². The Balaban J connectivity index is 1.68. The number of aromatic nitrogens is 3. The van der Waals surface area contributed by atoms with Gasteiger partial charge in [-0.25, -0.2) is 9.78 Å². The quantitative estimate of drug-likeness (QED) is 0.654. The molecule has 2 N–H and O–H groups in total. The third-order valence-corrected chi connectivity index (χ3v) is 4.43. The van der Waals surface area contributed by atoms with Crippen molar-refractivity contribution < 1.29 is 14.3 Å². The molecule has 0 saturated carbocycles. The van der Waals surface area contributed by atoms with Crippen LogP contribution in [0.1, 0.15) is 10.4 Å². The molecule has 0 fully saturated rings. The molecule has 2 aromatic heterocycles. The lowest BCUT2D eigenvalue weighted by atomic mass is 10.2. The van der Waals surface area contributed by atoms with Gasteiger partial charge in [-0.15, -0.1) is 0 Å². The fourth-order valence-corrected chi connectivity index (χ4v) is 2.95. The number of nitrogens with one attached hydrogen (secondary N) is 2. The Morgan fingerprint density at radius 1 is 1.18 bits per heavy atom. The first-order valence-electron chi connectivity index (χ1n) is 8.29. The second-order valence-electron chi connectivity index (χ2n) is 6.30. The van der Waals surface area contributed by atoms with Crippen LogP contribution >= 0.6 is 0 Å². The molecule has 0 aliphatic carbocycles. The molecule has 10 nitrogen and oxygen atoms in total. The molecule has 1 aliphatic heterocycles. The van der Waals surface area contributed by atoms with Crippen molar-refractivity contribution >= 4 is 34.2 Å². The second-order valence-corrected chi connectivity index (χ2v) is 6.30. The molecule has 1 aliphatic rings. The fraction of sp³-hybridized carbons (Fsp3) is 0.167. The number of benzene rings is 1. The highest BCUT2D eigenvalue weighted by Crippen LogP contribution is 2.30. The number of anilines is 2. The van der Waals surface area contributed by atoms with Crippen LogP contribution in [0.3, 0.4) is 0 Å². The molecule has 0 saturated heterocycles. The minimum atomic E-state index is -0.533. The zero-order valence-corrected chi connectivity index (χ0v) is 15.0. The van der Waals surface area contributed by atoms with Crippen LogP contribution in [0.4, 0.5) is 11.4 Å². The van der Waals surface area contributed by atoms with E-state index < -0.39 is 17.2 Å². The summed E-state index contributed by atoms with van der Waals surface area (Å²) in [7, 11) is 2.86. The van der Waals surface area contributed by atoms with E-state index in [1.54, 1.807) is 18.2 Å². The van der Waals surface area contributed by atoms with Crippen LogP contribution in [0.15, 0.2) is 40.1 Å². The zero-order chi connectivity index (χ0) is 20.0. The number of carbonyl (C=O) groups is 2. The van der Waals surface area contributed by atoms with Gasteiger partial charge in [0, 0.05) is 26.0 Å². The lowest BCUT2D eigenvalue weighted by Crippen LogP contribution is -2.37. The zero-order valence-electron chi connectivity index (χ0n) is 15.0. The molecular weight excluding hydrogens is 366 g/mol. The van der Waals surface area contributed by atoms with Crippen LogP contribution < -0.4 is 26.6 Å². The molecule has 3 heterocycles. The molecule has 2 amide bonds. The Labute approximate surface area is 157 Å². The van der Waals surface area contributed by atoms with Crippen molar-refractivity contribution in [1.29, 1.82) is 0 Å². The number of fused-ring (bicyclic) bond motifs is 2. The summed E-state index contributed by atoms with van der Waals surface area (Å²) in [5.74, 6) is -0.265. The molecule has 4 rings (SSSR count). The maximum absolute atomic E-state index is 12.6. The van der Waals surface area contributed by atoms with Gasteiger partial charge < -0.3 is 15.4 Å². The van der Waals surface area contributed by atoms with Gasteiger partial charge in [0.05, 0.1) is 16.6 Å². The van der Waals surface area contributed by atoms with Crippen molar-refractivity contribution in [3.05, 3.63) is 56.9 Å². The third-order valence-electron chi connectivity index (χ3n) is 4.43. The van der Waals surface area contributed by atoms with Crippen molar-refractivity contribution in [1.82, 2.24) is 14.1 Å². The molecule has 0 bridgehead atoms. The Morgan fingerprint density at radius 2 is 1.96 bits per heavy atom. The van der Waals surface area contributed by atoms with Gasteiger partial charge in [-0.1, -0.05) is 0 Å². The highest BCUT2D eigenvalue weighted by molar-refractivity contribution is 6.06. The standard InChI is InChI=1S/C18H15N5O5/c1-22-15-11(17(26)23(2)18(22)27)5-9(7-19-15)16(25)20-10-3-4-13-12(6-10)21-14(24)8-28-13/h3-7H,8H2,1-2H3,(H,20,25)(H,21,24). The molecule has 28 heavy (non-hydrogen) atoms. The number of ether oxygens (including phenoxy) is 1. The first-order chi connectivity index (χ1) is 13.3. The Morgan fingerprint density at radius 3 is 2.75 bits per heavy atom. The Kier molecular flexibility index (Phi) is 3.95. The number of nitrogens with zero attached hydrogens (tertiary/aromatic N) is 3. The average Bonchev–Trinajstić information content (AvgIpc) is 2.69. The number of hydrogen-bond acceptors (Lipinski definition) is 6. The average molecular weight is 381 g/mol. The summed E-state index contributed by atoms with van der Waals surface area (Å²) in [5.41, 5.74) is 0.200. The van der Waals surface area contributed by atoms with Crippen LogP contribution in [0.2, 0.25) is 0 Å². The van der Waals surface area contributed by atoms with Crippen molar-refractivity contribution in [3.63, 3.8) is 0 Å². The van der Waals surface area contributed by atoms with Gasteiger partial charge in [0.15, 0.2) is 6.61 Å². The number of amides is 2. The highest BCUT2D eigenvalue weighted by atomic mass is 16.5. The summed E-state index contributed by atoms with van der Waals surface area (Å²) in [5, 5.41) is 5.50. The van der Waals surface area contributed by atoms with E-state index in [0.717, 1.165) is 4.57 Å². The fourth-order valence-electron chi connectivity index (χ4n) is 2.95. The topological polar surface area (TPSA) is 124 Å². The number of carbonyl (C=O) groups excluding carboxylic acids is 2. The summed E-state index contributed by atoms with van der Waals surface area (Å²) in [6, 6.07) is 6.23. The van der Waals surface area contributed by atoms with Crippen LogP contribution in [0.25, 0.3) is 11.0 Å². The predicted octanol–water partition coefficient (Wildman–Crippen LogP) is 0.215. The number of pyridine rings is 1. The summed E-state index contributed by atoms with van der Waals surface area (Å²) in [6.45, 7) is -0.0566. The molecule has 0 radical (unpaired) electrons. The largest absolute Gasteiger partial charge is 0.482 e. The third kappa shape index (κ3) is 2.80. The minimum Gasteiger partial charge on any atom is -0.482 e. The van der Waals surface area contributed by atoms with Gasteiger partial charge in [0.1, 0.15) is 11.4 Å². The van der Waals surface area contributed by atoms with E-state index in [1.807, 2.05) is 0 Å². The van der Waals surface area contributed by atoms with Crippen LogP contribution in [-0.2, 0) is 18.9 Å². The Hall–Kier alpha value is -3.95. The van der Waals surface area contributed by atoms with E-state index in [-0.39, 0.29) is 29.1 Å². The second kappa shape index (κ2) is 6.34. The van der Waals surface area contributed by atoms with E-state index in [0.29, 0.717) is 17.1 Å². The molecular formula is C18H15N5O5. The molecule has 0 atom stereocenters. The minimum absolute atomic E-state index is 0.0566. The van der Waals surface area contributed by atoms with Crippen molar-refractivity contribution in [2.45, 2.75) is 0 Å². The molecule has 1 aromatic carbocycles. The normalized spacial score (nSPS) is 12.9. The Bertz CT molecular complexity index is 1270. The predicted molar refractivity (Wildman–Crippen MR) is 101 cm³/mol. The monoisotopic (exact) mass is 381 g/mol. The van der Waals surface area contributed by atoms with E-state index in [1.165, 1.54) is 30.9 Å². The first kappa shape index (κ1) is 17.5. The van der Waals surface area contributed by atoms with Crippen LogP contribution in [-0.4, -0.2) is 32.5 Å².